The topological polar surface area (TPSA) is 52.6 Å². The molecule has 4 heterocycles. The molecular formula is C22H24O4P2. The van der Waals surface area contributed by atoms with Gasteiger partial charge in [-0.05, 0) is 66.8 Å². The lowest BCUT2D eigenvalue weighted by Crippen LogP contribution is -2.26. The Morgan fingerprint density at radius 3 is 1.57 bits per heavy atom. The fraction of sp³-hybridized carbons (Fsp3) is 0.273. The minimum Gasteiger partial charge on any atom is -0.464 e. The van der Waals surface area contributed by atoms with E-state index in [1.165, 1.54) is 6.42 Å². The van der Waals surface area contributed by atoms with Crippen LogP contribution in [0.5, 0.6) is 0 Å². The first kappa shape index (κ1) is 19.3. The molecule has 0 aliphatic carbocycles. The molecule has 0 saturated heterocycles. The lowest BCUT2D eigenvalue weighted by atomic mass is 10.2. The fourth-order valence-electron chi connectivity index (χ4n) is 3.37. The van der Waals surface area contributed by atoms with Gasteiger partial charge in [0.1, 0.15) is 22.0 Å². The third kappa shape index (κ3) is 4.35. The summed E-state index contributed by atoms with van der Waals surface area (Å²) < 4.78 is 23.4. The largest absolute Gasteiger partial charge is 0.464 e. The van der Waals surface area contributed by atoms with Crippen molar-refractivity contribution in [2.24, 2.45) is 0 Å². The van der Waals surface area contributed by atoms with Crippen molar-refractivity contribution in [3.63, 3.8) is 0 Å². The molecule has 6 heteroatoms. The second-order valence-electron chi connectivity index (χ2n) is 6.58. The zero-order chi connectivity index (χ0) is 19.2. The number of furan rings is 4. The van der Waals surface area contributed by atoms with E-state index in [1.807, 2.05) is 24.3 Å². The molecule has 4 aromatic rings. The Kier molecular flexibility index (Phi) is 6.52. The summed E-state index contributed by atoms with van der Waals surface area (Å²) in [5.74, 6) is 0. The Bertz CT molecular complexity index is 828. The van der Waals surface area contributed by atoms with Crippen LogP contribution in [0.15, 0.2) is 91.3 Å². The molecule has 0 aromatic carbocycles. The van der Waals surface area contributed by atoms with E-state index in [0.29, 0.717) is 5.66 Å². The number of unbranched alkanes of at least 4 members (excludes halogenated alkanes) is 1. The second-order valence-corrected chi connectivity index (χ2v) is 11.0. The van der Waals surface area contributed by atoms with Gasteiger partial charge in [0, 0.05) is 15.8 Å². The molecule has 28 heavy (non-hydrogen) atoms. The monoisotopic (exact) mass is 414 g/mol. The highest BCUT2D eigenvalue weighted by Crippen LogP contribution is 2.48. The molecule has 1 unspecified atom stereocenters. The first-order chi connectivity index (χ1) is 13.9. The highest BCUT2D eigenvalue weighted by atomic mass is 31.1. The minimum atomic E-state index is -0.737. The highest BCUT2D eigenvalue weighted by molar-refractivity contribution is 7.76. The van der Waals surface area contributed by atoms with Crippen LogP contribution in [0.25, 0.3) is 0 Å². The number of rotatable bonds is 10. The average Bonchev–Trinajstić information content (AvgIpc) is 3.52. The van der Waals surface area contributed by atoms with Crippen molar-refractivity contribution in [1.29, 1.82) is 0 Å². The van der Waals surface area contributed by atoms with Crippen LogP contribution < -0.4 is 22.0 Å². The van der Waals surface area contributed by atoms with Gasteiger partial charge in [-0.25, -0.2) is 0 Å². The molecule has 146 valence electrons. The summed E-state index contributed by atoms with van der Waals surface area (Å²) in [4.78, 5) is 0. The Morgan fingerprint density at radius 1 is 0.714 bits per heavy atom. The lowest BCUT2D eigenvalue weighted by molar-refractivity contribution is 0.587. The molecule has 0 aliphatic rings. The van der Waals surface area contributed by atoms with E-state index in [4.69, 9.17) is 17.7 Å². The molecule has 4 rings (SSSR count). The van der Waals surface area contributed by atoms with Crippen molar-refractivity contribution in [3.05, 3.63) is 73.6 Å². The summed E-state index contributed by atoms with van der Waals surface area (Å²) in [6.07, 6.45) is 11.4. The van der Waals surface area contributed by atoms with E-state index in [-0.39, 0.29) is 0 Å². The van der Waals surface area contributed by atoms with Crippen molar-refractivity contribution in [1.82, 2.24) is 0 Å². The minimum absolute atomic E-state index is 0.411. The predicted octanol–water partition coefficient (Wildman–Crippen LogP) is 5.18. The van der Waals surface area contributed by atoms with E-state index in [0.717, 1.165) is 41.0 Å². The van der Waals surface area contributed by atoms with E-state index in [9.17, 15) is 0 Å². The van der Waals surface area contributed by atoms with Crippen molar-refractivity contribution in [2.75, 3.05) is 6.16 Å². The normalized spacial score (nSPS) is 12.8. The Balaban J connectivity index is 1.69. The molecule has 4 nitrogen and oxygen atoms in total. The summed E-state index contributed by atoms with van der Waals surface area (Å²) in [6, 6.07) is 16.1. The van der Waals surface area contributed by atoms with Gasteiger partial charge in [0.2, 0.25) is 0 Å². The second kappa shape index (κ2) is 9.45. The molecule has 0 aliphatic heterocycles. The maximum absolute atomic E-state index is 5.87. The Hall–Kier alpha value is -2.02. The molecule has 4 aromatic heterocycles. The van der Waals surface area contributed by atoms with E-state index >= 15 is 0 Å². The van der Waals surface area contributed by atoms with E-state index in [1.54, 1.807) is 25.1 Å². The summed E-state index contributed by atoms with van der Waals surface area (Å²) in [6.45, 7) is 2.24. The maximum Gasteiger partial charge on any atom is 0.133 e. The third-order valence-electron chi connectivity index (χ3n) is 4.68. The van der Waals surface area contributed by atoms with Crippen molar-refractivity contribution in [2.45, 2.75) is 31.8 Å². The smallest absolute Gasteiger partial charge is 0.133 e. The maximum atomic E-state index is 5.87. The van der Waals surface area contributed by atoms with Gasteiger partial charge < -0.3 is 17.7 Å². The zero-order valence-electron chi connectivity index (χ0n) is 15.9. The van der Waals surface area contributed by atoms with Gasteiger partial charge in [0.05, 0.1) is 25.1 Å². The summed E-state index contributed by atoms with van der Waals surface area (Å²) >= 11 is 0. The van der Waals surface area contributed by atoms with Gasteiger partial charge in [-0.1, -0.05) is 19.8 Å². The van der Waals surface area contributed by atoms with Gasteiger partial charge in [-0.2, -0.15) is 0 Å². The van der Waals surface area contributed by atoms with Crippen LogP contribution in [-0.4, -0.2) is 11.8 Å². The molecular weight excluding hydrogens is 390 g/mol. The summed E-state index contributed by atoms with van der Waals surface area (Å²) in [7, 11) is -1.45. The van der Waals surface area contributed by atoms with Crippen molar-refractivity contribution in [3.8, 4) is 0 Å². The van der Waals surface area contributed by atoms with E-state index in [2.05, 4.69) is 31.2 Å². The SMILES string of the molecule is CCCCC(CP(c1ccco1)c1ccco1)P(c1ccco1)c1ccco1. The summed E-state index contributed by atoms with van der Waals surface area (Å²) in [5, 5.41) is 0. The van der Waals surface area contributed by atoms with Crippen LogP contribution in [0, 0.1) is 0 Å². The molecule has 0 spiro atoms. The van der Waals surface area contributed by atoms with Gasteiger partial charge in [-0.3, -0.25) is 0 Å². The molecule has 0 saturated carbocycles. The molecule has 0 N–H and O–H groups in total. The lowest BCUT2D eigenvalue weighted by Gasteiger charge is -2.27. The van der Waals surface area contributed by atoms with Crippen LogP contribution in [0.4, 0.5) is 0 Å². The van der Waals surface area contributed by atoms with Crippen molar-refractivity contribution < 1.29 is 17.7 Å². The van der Waals surface area contributed by atoms with Crippen LogP contribution in [0.3, 0.4) is 0 Å². The molecule has 0 amide bonds. The first-order valence-electron chi connectivity index (χ1n) is 9.57. The fourth-order valence-corrected chi connectivity index (χ4v) is 8.82. The average molecular weight is 414 g/mol. The van der Waals surface area contributed by atoms with E-state index < -0.39 is 15.8 Å². The molecule has 0 radical (unpaired) electrons. The van der Waals surface area contributed by atoms with Gasteiger partial charge in [0.25, 0.3) is 0 Å². The van der Waals surface area contributed by atoms with Gasteiger partial charge in [-0.15, -0.1) is 0 Å². The third-order valence-corrected chi connectivity index (χ3v) is 9.98. The van der Waals surface area contributed by atoms with Crippen LogP contribution in [-0.2, 0) is 0 Å². The highest BCUT2D eigenvalue weighted by Gasteiger charge is 2.33. The van der Waals surface area contributed by atoms with Crippen molar-refractivity contribution >= 4 is 37.8 Å². The summed E-state index contributed by atoms with van der Waals surface area (Å²) in [5.41, 5.74) is 4.44. The van der Waals surface area contributed by atoms with Gasteiger partial charge >= 0.3 is 0 Å². The first-order valence-corrected chi connectivity index (χ1v) is 12.5. The van der Waals surface area contributed by atoms with Crippen LogP contribution >= 0.6 is 15.8 Å². The Morgan fingerprint density at radius 2 is 1.18 bits per heavy atom. The predicted molar refractivity (Wildman–Crippen MR) is 115 cm³/mol. The standard InChI is InChI=1S/C22H24O4P2/c1-2-3-8-18(28(21-11-6-15-25-21)22-12-7-16-26-22)17-27(19-9-4-13-23-19)20-10-5-14-24-20/h4-7,9-16,18H,2-3,8,17H2,1H3. The molecule has 0 fully saturated rings. The quantitative estimate of drug-likeness (QED) is 0.336. The zero-order valence-corrected chi connectivity index (χ0v) is 17.7. The van der Waals surface area contributed by atoms with Crippen LogP contribution in [0.2, 0.25) is 0 Å². The Labute approximate surface area is 167 Å². The molecule has 0 bridgehead atoms. The molecule has 1 atom stereocenters. The van der Waals surface area contributed by atoms with Crippen LogP contribution in [0.1, 0.15) is 26.2 Å². The van der Waals surface area contributed by atoms with Gasteiger partial charge in [0.15, 0.2) is 0 Å². The number of hydrogen-bond acceptors (Lipinski definition) is 4. The number of hydrogen-bond donors (Lipinski definition) is 0.